The van der Waals surface area contributed by atoms with Gasteiger partial charge >= 0.3 is 0 Å². The van der Waals surface area contributed by atoms with E-state index in [4.69, 9.17) is 4.99 Å². The molecule has 0 bridgehead atoms. The molecular formula is C23H39N5O. The number of amides is 1. The Morgan fingerprint density at radius 2 is 1.97 bits per heavy atom. The van der Waals surface area contributed by atoms with Crippen LogP contribution in [0.3, 0.4) is 0 Å². The number of aliphatic imine (C=N–C) groups is 1. The largest absolute Gasteiger partial charge is 0.357 e. The highest BCUT2D eigenvalue weighted by Crippen LogP contribution is 2.13. The number of nitrogens with zero attached hydrogens (tertiary/aromatic N) is 3. The third kappa shape index (κ3) is 7.35. The Hall–Kier alpha value is -2.08. The van der Waals surface area contributed by atoms with Gasteiger partial charge in [-0.1, -0.05) is 52.0 Å². The maximum Gasteiger partial charge on any atom is 0.225 e. The fourth-order valence-corrected chi connectivity index (χ4v) is 3.66. The highest BCUT2D eigenvalue weighted by molar-refractivity contribution is 5.81. The van der Waals surface area contributed by atoms with Crippen LogP contribution in [0.5, 0.6) is 0 Å². The summed E-state index contributed by atoms with van der Waals surface area (Å²) in [6, 6.07) is 8.95. The Balaban J connectivity index is 1.96. The molecular weight excluding hydrogens is 362 g/mol. The lowest BCUT2D eigenvalue weighted by Gasteiger charge is -2.20. The predicted molar refractivity (Wildman–Crippen MR) is 121 cm³/mol. The zero-order chi connectivity index (χ0) is 21.2. The molecule has 1 aromatic carbocycles. The molecule has 0 aromatic heterocycles. The van der Waals surface area contributed by atoms with Crippen molar-refractivity contribution in [2.45, 2.75) is 60.2 Å². The minimum Gasteiger partial charge on any atom is -0.357 e. The van der Waals surface area contributed by atoms with Crippen molar-refractivity contribution in [2.24, 2.45) is 10.9 Å². The number of carbonyl (C=O) groups excluding carboxylic acids is 1. The third-order valence-electron chi connectivity index (χ3n) is 5.39. The van der Waals surface area contributed by atoms with E-state index in [2.05, 4.69) is 60.6 Å². The van der Waals surface area contributed by atoms with E-state index in [1.807, 2.05) is 18.7 Å². The molecule has 1 atom stereocenters. The molecule has 162 valence electrons. The smallest absolute Gasteiger partial charge is 0.225 e. The van der Waals surface area contributed by atoms with E-state index >= 15 is 0 Å². The summed E-state index contributed by atoms with van der Waals surface area (Å²) >= 11 is 0. The van der Waals surface area contributed by atoms with Crippen LogP contribution in [-0.4, -0.2) is 60.4 Å². The second-order valence-corrected chi connectivity index (χ2v) is 8.05. The lowest BCUT2D eigenvalue weighted by atomic mass is 10.1. The molecule has 0 aliphatic carbocycles. The average molecular weight is 402 g/mol. The molecule has 1 fully saturated rings. The zero-order valence-electron chi connectivity index (χ0n) is 18.9. The predicted octanol–water partition coefficient (Wildman–Crippen LogP) is 2.84. The summed E-state index contributed by atoms with van der Waals surface area (Å²) in [6.45, 7) is 16.5. The molecule has 1 heterocycles. The van der Waals surface area contributed by atoms with Crippen molar-refractivity contribution in [3.63, 3.8) is 0 Å². The van der Waals surface area contributed by atoms with Gasteiger partial charge in [-0.15, -0.1) is 0 Å². The number of carbonyl (C=O) groups is 1. The number of hydrogen-bond acceptors (Lipinski definition) is 3. The maximum atomic E-state index is 12.2. The minimum absolute atomic E-state index is 0.0549. The molecule has 0 radical (unpaired) electrons. The molecule has 1 unspecified atom stereocenters. The van der Waals surface area contributed by atoms with Crippen LogP contribution in [0.1, 0.15) is 52.2 Å². The first kappa shape index (κ1) is 23.2. The van der Waals surface area contributed by atoms with Crippen LogP contribution in [0.4, 0.5) is 0 Å². The van der Waals surface area contributed by atoms with Gasteiger partial charge in [-0.05, 0) is 37.6 Å². The maximum absolute atomic E-state index is 12.2. The van der Waals surface area contributed by atoms with E-state index in [1.165, 1.54) is 11.1 Å². The van der Waals surface area contributed by atoms with Gasteiger partial charge in [-0.3, -0.25) is 9.69 Å². The first-order valence-corrected chi connectivity index (χ1v) is 11.1. The second kappa shape index (κ2) is 11.8. The average Bonchev–Trinajstić information content (AvgIpc) is 3.18. The summed E-state index contributed by atoms with van der Waals surface area (Å²) in [6.07, 6.45) is 0.961. The van der Waals surface area contributed by atoms with Crippen LogP contribution in [0, 0.1) is 5.92 Å². The topological polar surface area (TPSA) is 60.0 Å². The molecule has 6 heteroatoms. The number of rotatable bonds is 9. The van der Waals surface area contributed by atoms with Crippen molar-refractivity contribution in [1.82, 2.24) is 20.4 Å². The van der Waals surface area contributed by atoms with Crippen molar-refractivity contribution >= 4 is 11.9 Å². The molecule has 0 saturated carbocycles. The lowest BCUT2D eigenvalue weighted by Crippen LogP contribution is -2.45. The van der Waals surface area contributed by atoms with Crippen molar-refractivity contribution < 1.29 is 4.79 Å². The van der Waals surface area contributed by atoms with Crippen LogP contribution in [0.15, 0.2) is 29.3 Å². The SMILES string of the molecule is CCNC(=NCc1cccc(CN(CC)CC)c1)NC1CCN(C(=O)C(C)C)C1. The van der Waals surface area contributed by atoms with E-state index in [0.717, 1.165) is 51.6 Å². The molecule has 2 rings (SSSR count). The van der Waals surface area contributed by atoms with E-state index in [-0.39, 0.29) is 17.9 Å². The van der Waals surface area contributed by atoms with Crippen molar-refractivity contribution in [1.29, 1.82) is 0 Å². The molecule has 6 nitrogen and oxygen atoms in total. The van der Waals surface area contributed by atoms with Gasteiger partial charge in [-0.2, -0.15) is 0 Å². The highest BCUT2D eigenvalue weighted by atomic mass is 16.2. The van der Waals surface area contributed by atoms with Gasteiger partial charge in [0.05, 0.1) is 6.54 Å². The van der Waals surface area contributed by atoms with E-state index in [9.17, 15) is 4.79 Å². The second-order valence-electron chi connectivity index (χ2n) is 8.05. The van der Waals surface area contributed by atoms with E-state index < -0.39 is 0 Å². The molecule has 29 heavy (non-hydrogen) atoms. The molecule has 0 spiro atoms. The van der Waals surface area contributed by atoms with Crippen LogP contribution >= 0.6 is 0 Å². The fourth-order valence-electron chi connectivity index (χ4n) is 3.66. The van der Waals surface area contributed by atoms with Gasteiger partial charge in [0.15, 0.2) is 5.96 Å². The van der Waals surface area contributed by atoms with E-state index in [1.54, 1.807) is 0 Å². The molecule has 1 aliphatic heterocycles. The number of hydrogen-bond donors (Lipinski definition) is 2. The Labute approximate surface area is 176 Å². The molecule has 1 aliphatic rings. The van der Waals surface area contributed by atoms with Gasteiger partial charge < -0.3 is 15.5 Å². The van der Waals surface area contributed by atoms with Gasteiger partial charge in [0.25, 0.3) is 0 Å². The Morgan fingerprint density at radius 3 is 2.62 bits per heavy atom. The summed E-state index contributed by atoms with van der Waals surface area (Å²) in [5, 5.41) is 6.85. The first-order chi connectivity index (χ1) is 14.0. The zero-order valence-corrected chi connectivity index (χ0v) is 18.9. The normalized spacial score (nSPS) is 17.3. The lowest BCUT2D eigenvalue weighted by molar-refractivity contribution is -0.133. The quantitative estimate of drug-likeness (QED) is 0.493. The summed E-state index contributed by atoms with van der Waals surface area (Å²) in [5.41, 5.74) is 2.55. The monoisotopic (exact) mass is 401 g/mol. The summed E-state index contributed by atoms with van der Waals surface area (Å²) in [5.74, 6) is 1.12. The standard InChI is InChI=1S/C23H39N5O/c1-6-24-23(26-21-12-13-28(17-21)22(29)18(4)5)25-15-19-10-9-11-20(14-19)16-27(7-2)8-3/h9-11,14,18,21H,6-8,12-13,15-17H2,1-5H3,(H2,24,25,26). The summed E-state index contributed by atoms with van der Waals surface area (Å²) < 4.78 is 0. The Bertz CT molecular complexity index is 669. The highest BCUT2D eigenvalue weighted by Gasteiger charge is 2.27. The number of guanidine groups is 1. The van der Waals surface area contributed by atoms with Gasteiger partial charge in [0.2, 0.25) is 5.91 Å². The summed E-state index contributed by atoms with van der Waals surface area (Å²) in [7, 11) is 0. The fraction of sp³-hybridized carbons (Fsp3) is 0.652. The van der Waals surface area contributed by atoms with Crippen molar-refractivity contribution in [3.05, 3.63) is 35.4 Å². The Morgan fingerprint density at radius 1 is 1.24 bits per heavy atom. The molecule has 1 aromatic rings. The van der Waals surface area contributed by atoms with Crippen LogP contribution < -0.4 is 10.6 Å². The van der Waals surface area contributed by atoms with Crippen LogP contribution in [0.2, 0.25) is 0 Å². The van der Waals surface area contributed by atoms with Crippen LogP contribution in [-0.2, 0) is 17.9 Å². The van der Waals surface area contributed by atoms with Crippen LogP contribution in [0.25, 0.3) is 0 Å². The minimum atomic E-state index is 0.0549. The molecule has 1 amide bonds. The number of likely N-dealkylation sites (tertiary alicyclic amines) is 1. The summed E-state index contributed by atoms with van der Waals surface area (Å²) in [4.78, 5) is 21.4. The van der Waals surface area contributed by atoms with Gasteiger partial charge in [0.1, 0.15) is 0 Å². The molecule has 2 N–H and O–H groups in total. The number of benzene rings is 1. The first-order valence-electron chi connectivity index (χ1n) is 11.1. The Kier molecular flexibility index (Phi) is 9.45. The van der Waals surface area contributed by atoms with Crippen molar-refractivity contribution in [2.75, 3.05) is 32.7 Å². The van der Waals surface area contributed by atoms with Gasteiger partial charge in [-0.25, -0.2) is 4.99 Å². The third-order valence-corrected chi connectivity index (χ3v) is 5.39. The van der Waals surface area contributed by atoms with Crippen molar-refractivity contribution in [3.8, 4) is 0 Å². The van der Waals surface area contributed by atoms with E-state index in [0.29, 0.717) is 6.54 Å². The molecule has 1 saturated heterocycles. The van der Waals surface area contributed by atoms with Gasteiger partial charge in [0, 0.05) is 38.1 Å². The number of nitrogens with one attached hydrogen (secondary N) is 2.